The summed E-state index contributed by atoms with van der Waals surface area (Å²) in [5.74, 6) is 5.85. The number of benzene rings is 2. The summed E-state index contributed by atoms with van der Waals surface area (Å²) in [7, 11) is 0. The summed E-state index contributed by atoms with van der Waals surface area (Å²) in [5, 5.41) is 1.12. The van der Waals surface area contributed by atoms with Gasteiger partial charge in [-0.15, -0.1) is 0 Å². The van der Waals surface area contributed by atoms with E-state index in [1.54, 1.807) is 12.1 Å². The van der Waals surface area contributed by atoms with Gasteiger partial charge in [0.2, 0.25) is 0 Å². The molecule has 0 aliphatic heterocycles. The zero-order valence-electron chi connectivity index (χ0n) is 13.5. The molecule has 0 unspecified atom stereocenters. The molecule has 136 valence electrons. The molecule has 0 radical (unpaired) electrons. The Kier molecular flexibility index (Phi) is 5.04. The maximum Gasteiger partial charge on any atom is 0.416 e. The molecule has 0 aliphatic rings. The van der Waals surface area contributed by atoms with Gasteiger partial charge in [-0.3, -0.25) is 0 Å². The lowest BCUT2D eigenvalue weighted by Gasteiger charge is -2.21. The SMILES string of the molecule is Cc1cc(C)cc(N(N)Cc2cc(C(F)(F)F)cc(C(F)(F)F)c2)c1. The van der Waals surface area contributed by atoms with Crippen molar-refractivity contribution in [3.63, 3.8) is 0 Å². The molecule has 25 heavy (non-hydrogen) atoms. The number of nitrogens with two attached hydrogens (primary N) is 1. The van der Waals surface area contributed by atoms with E-state index in [9.17, 15) is 26.3 Å². The van der Waals surface area contributed by atoms with E-state index in [1.165, 1.54) is 0 Å². The van der Waals surface area contributed by atoms with Crippen LogP contribution >= 0.6 is 0 Å². The van der Waals surface area contributed by atoms with E-state index in [2.05, 4.69) is 0 Å². The summed E-state index contributed by atoms with van der Waals surface area (Å²) in [5.41, 5.74) is -0.625. The molecule has 0 bridgehead atoms. The number of hydrogen-bond acceptors (Lipinski definition) is 2. The Hall–Kier alpha value is -2.22. The molecule has 0 saturated carbocycles. The van der Waals surface area contributed by atoms with Crippen molar-refractivity contribution in [1.29, 1.82) is 0 Å². The van der Waals surface area contributed by atoms with Crippen LogP contribution in [0.5, 0.6) is 0 Å². The standard InChI is InChI=1S/C17H16F6N2/c1-10-3-11(2)5-15(4-10)25(24)9-12-6-13(16(18,19)20)8-14(7-12)17(21,22)23/h3-8H,9,24H2,1-2H3. The molecule has 0 spiro atoms. The van der Waals surface area contributed by atoms with Crippen LogP contribution in [-0.2, 0) is 18.9 Å². The van der Waals surface area contributed by atoms with E-state index in [-0.39, 0.29) is 18.2 Å². The van der Waals surface area contributed by atoms with Crippen LogP contribution < -0.4 is 10.9 Å². The molecule has 2 nitrogen and oxygen atoms in total. The highest BCUT2D eigenvalue weighted by atomic mass is 19.4. The average molecular weight is 362 g/mol. The molecule has 0 aromatic heterocycles. The minimum absolute atomic E-state index is 0.0984. The third-order valence-corrected chi connectivity index (χ3v) is 3.54. The van der Waals surface area contributed by atoms with Crippen LogP contribution in [-0.4, -0.2) is 0 Å². The number of rotatable bonds is 3. The van der Waals surface area contributed by atoms with Gasteiger partial charge in [0.05, 0.1) is 23.4 Å². The predicted molar refractivity (Wildman–Crippen MR) is 82.7 cm³/mol. The fourth-order valence-electron chi connectivity index (χ4n) is 2.52. The topological polar surface area (TPSA) is 29.3 Å². The quantitative estimate of drug-likeness (QED) is 0.461. The molecule has 0 aliphatic carbocycles. The Bertz CT molecular complexity index is 712. The summed E-state index contributed by atoms with van der Waals surface area (Å²) >= 11 is 0. The van der Waals surface area contributed by atoms with Gasteiger partial charge in [-0.25, -0.2) is 5.84 Å². The third-order valence-electron chi connectivity index (χ3n) is 3.54. The first-order valence-electron chi connectivity index (χ1n) is 7.25. The van der Waals surface area contributed by atoms with Crippen LogP contribution in [0.25, 0.3) is 0 Å². The van der Waals surface area contributed by atoms with Crippen LogP contribution in [0.15, 0.2) is 36.4 Å². The lowest BCUT2D eigenvalue weighted by atomic mass is 10.0. The molecule has 2 aromatic rings. The second kappa shape index (κ2) is 6.59. The number of aryl methyl sites for hydroxylation is 2. The van der Waals surface area contributed by atoms with Crippen molar-refractivity contribution in [3.8, 4) is 0 Å². The average Bonchev–Trinajstić information content (AvgIpc) is 2.44. The highest BCUT2D eigenvalue weighted by Gasteiger charge is 2.36. The van der Waals surface area contributed by atoms with Crippen molar-refractivity contribution in [1.82, 2.24) is 0 Å². The lowest BCUT2D eigenvalue weighted by Crippen LogP contribution is -2.30. The molecular weight excluding hydrogens is 346 g/mol. The van der Waals surface area contributed by atoms with Gasteiger partial charge in [0, 0.05) is 0 Å². The minimum Gasteiger partial charge on any atom is -0.307 e. The van der Waals surface area contributed by atoms with Gasteiger partial charge in [-0.2, -0.15) is 26.3 Å². The maximum atomic E-state index is 12.9. The maximum absolute atomic E-state index is 12.9. The molecule has 0 fully saturated rings. The first-order chi connectivity index (χ1) is 11.4. The number of halogens is 6. The predicted octanol–water partition coefficient (Wildman–Crippen LogP) is 5.22. The van der Waals surface area contributed by atoms with Gasteiger partial charge in [-0.1, -0.05) is 6.07 Å². The zero-order valence-corrected chi connectivity index (χ0v) is 13.5. The fourth-order valence-corrected chi connectivity index (χ4v) is 2.52. The Morgan fingerprint density at radius 3 is 1.60 bits per heavy atom. The molecular formula is C17H16F6N2. The van der Waals surface area contributed by atoms with E-state index in [1.807, 2.05) is 19.9 Å². The van der Waals surface area contributed by atoms with Gasteiger partial charge in [0.1, 0.15) is 0 Å². The molecule has 0 atom stereocenters. The van der Waals surface area contributed by atoms with Crippen LogP contribution in [0.1, 0.15) is 27.8 Å². The molecule has 2 N–H and O–H groups in total. The van der Waals surface area contributed by atoms with Crippen LogP contribution in [0.4, 0.5) is 32.0 Å². The summed E-state index contributed by atoms with van der Waals surface area (Å²) in [4.78, 5) is 0. The third kappa shape index (κ3) is 4.88. The van der Waals surface area contributed by atoms with E-state index >= 15 is 0 Å². The monoisotopic (exact) mass is 362 g/mol. The first-order valence-corrected chi connectivity index (χ1v) is 7.25. The lowest BCUT2D eigenvalue weighted by molar-refractivity contribution is -0.143. The number of alkyl halides is 6. The number of anilines is 1. The van der Waals surface area contributed by atoms with Gasteiger partial charge in [0.15, 0.2) is 0 Å². The highest BCUT2D eigenvalue weighted by molar-refractivity contribution is 5.50. The molecule has 0 amide bonds. The van der Waals surface area contributed by atoms with Crippen molar-refractivity contribution < 1.29 is 26.3 Å². The largest absolute Gasteiger partial charge is 0.416 e. The van der Waals surface area contributed by atoms with Crippen molar-refractivity contribution >= 4 is 5.69 Å². The Labute approximate surface area is 140 Å². The van der Waals surface area contributed by atoms with Gasteiger partial charge in [0.25, 0.3) is 0 Å². The number of hydrogen-bond donors (Lipinski definition) is 1. The van der Waals surface area contributed by atoms with Gasteiger partial charge < -0.3 is 5.01 Å². The van der Waals surface area contributed by atoms with E-state index in [4.69, 9.17) is 5.84 Å². The van der Waals surface area contributed by atoms with Crippen LogP contribution in [0, 0.1) is 13.8 Å². The smallest absolute Gasteiger partial charge is 0.307 e. The fraction of sp³-hybridized carbons (Fsp3) is 0.294. The van der Waals surface area contributed by atoms with Crippen molar-refractivity contribution in [2.75, 3.05) is 5.01 Å². The second-order valence-corrected chi connectivity index (χ2v) is 5.89. The summed E-state index contributed by atoms with van der Waals surface area (Å²) in [6, 6.07) is 6.73. The van der Waals surface area contributed by atoms with Gasteiger partial charge in [-0.05, 0) is 60.9 Å². The molecule has 2 rings (SSSR count). The Morgan fingerprint density at radius 1 is 0.760 bits per heavy atom. The Morgan fingerprint density at radius 2 is 1.20 bits per heavy atom. The summed E-state index contributed by atoms with van der Waals surface area (Å²) in [6.07, 6.45) is -9.76. The minimum atomic E-state index is -4.88. The van der Waals surface area contributed by atoms with Crippen molar-refractivity contribution in [2.24, 2.45) is 5.84 Å². The number of hydrazine groups is 1. The normalized spacial score (nSPS) is 12.4. The van der Waals surface area contributed by atoms with Crippen molar-refractivity contribution in [3.05, 3.63) is 64.2 Å². The van der Waals surface area contributed by atoms with Gasteiger partial charge >= 0.3 is 12.4 Å². The molecule has 0 heterocycles. The number of nitrogens with zero attached hydrogens (tertiary/aromatic N) is 1. The van der Waals surface area contributed by atoms with E-state index in [0.29, 0.717) is 17.8 Å². The van der Waals surface area contributed by atoms with Crippen LogP contribution in [0.3, 0.4) is 0 Å². The van der Waals surface area contributed by atoms with Crippen molar-refractivity contribution in [2.45, 2.75) is 32.7 Å². The molecule has 0 saturated heterocycles. The first kappa shape index (κ1) is 19.1. The summed E-state index contributed by atoms with van der Waals surface area (Å²) < 4.78 is 77.3. The van der Waals surface area contributed by atoms with E-state index in [0.717, 1.165) is 16.1 Å². The molecule has 8 heteroatoms. The summed E-state index contributed by atoms with van der Waals surface area (Å²) in [6.45, 7) is 3.34. The van der Waals surface area contributed by atoms with Crippen LogP contribution in [0.2, 0.25) is 0 Å². The zero-order chi connectivity index (χ0) is 19.0. The Balaban J connectivity index is 2.41. The molecule has 2 aromatic carbocycles. The van der Waals surface area contributed by atoms with E-state index < -0.39 is 23.5 Å². The second-order valence-electron chi connectivity index (χ2n) is 5.89. The highest BCUT2D eigenvalue weighted by Crippen LogP contribution is 2.36.